The zero-order valence-electron chi connectivity index (χ0n) is 9.69. The van der Waals surface area contributed by atoms with E-state index >= 15 is 0 Å². The fourth-order valence-electron chi connectivity index (χ4n) is 1.37. The summed E-state index contributed by atoms with van der Waals surface area (Å²) in [6.07, 6.45) is 3.31. The maximum atomic E-state index is 13.3. The van der Waals surface area contributed by atoms with Gasteiger partial charge in [-0.3, -0.25) is 10.4 Å². The minimum absolute atomic E-state index is 0.125. The van der Waals surface area contributed by atoms with Crippen LogP contribution in [-0.4, -0.2) is 10.7 Å². The summed E-state index contributed by atoms with van der Waals surface area (Å²) in [6, 6.07) is 6.89. The van der Waals surface area contributed by atoms with Crippen molar-refractivity contribution in [2.75, 3.05) is 5.43 Å². The molecule has 0 bridgehead atoms. The number of nitrogens with zero attached hydrogens (tertiary/aromatic N) is 2. The van der Waals surface area contributed by atoms with Gasteiger partial charge in [-0.2, -0.15) is 5.10 Å². The first-order chi connectivity index (χ1) is 8.66. The first kappa shape index (κ1) is 12.2. The Morgan fingerprint density at radius 2 is 2.11 bits per heavy atom. The van der Waals surface area contributed by atoms with E-state index in [1.807, 2.05) is 6.07 Å². The normalized spacial score (nSPS) is 11.4. The maximum Gasteiger partial charge on any atom is 0.151 e. The van der Waals surface area contributed by atoms with Gasteiger partial charge in [0.15, 0.2) is 5.82 Å². The third-order valence-electron chi connectivity index (χ3n) is 2.35. The zero-order chi connectivity index (χ0) is 13.0. The van der Waals surface area contributed by atoms with Crippen molar-refractivity contribution < 1.29 is 8.78 Å². The van der Waals surface area contributed by atoms with Crippen molar-refractivity contribution >= 4 is 11.4 Å². The van der Waals surface area contributed by atoms with Gasteiger partial charge in [-0.1, -0.05) is 6.07 Å². The molecular formula is C13H11F2N3. The van der Waals surface area contributed by atoms with E-state index in [4.69, 9.17) is 0 Å². The lowest BCUT2D eigenvalue weighted by Gasteiger charge is -2.04. The summed E-state index contributed by atoms with van der Waals surface area (Å²) in [7, 11) is 0. The molecule has 1 aromatic carbocycles. The lowest BCUT2D eigenvalue weighted by Crippen LogP contribution is -2.01. The van der Waals surface area contributed by atoms with Crippen LogP contribution in [0.15, 0.2) is 47.8 Å². The summed E-state index contributed by atoms with van der Waals surface area (Å²) >= 11 is 0. The van der Waals surface area contributed by atoms with Crippen LogP contribution < -0.4 is 5.43 Å². The first-order valence-electron chi connectivity index (χ1n) is 5.32. The Balaban J connectivity index is 2.15. The van der Waals surface area contributed by atoms with E-state index in [1.165, 1.54) is 12.1 Å². The van der Waals surface area contributed by atoms with Crippen LogP contribution in [0.3, 0.4) is 0 Å². The highest BCUT2D eigenvalue weighted by atomic mass is 19.1. The molecule has 0 aliphatic heterocycles. The molecule has 5 heteroatoms. The van der Waals surface area contributed by atoms with Crippen LogP contribution in [-0.2, 0) is 0 Å². The summed E-state index contributed by atoms with van der Waals surface area (Å²) < 4.78 is 26.0. The number of aromatic nitrogens is 1. The molecule has 0 unspecified atom stereocenters. The van der Waals surface area contributed by atoms with Crippen LogP contribution in [0.25, 0.3) is 0 Å². The largest absolute Gasteiger partial charge is 0.275 e. The van der Waals surface area contributed by atoms with Crippen LogP contribution >= 0.6 is 0 Å². The lowest BCUT2D eigenvalue weighted by atomic mass is 10.2. The predicted molar refractivity (Wildman–Crippen MR) is 66.4 cm³/mol. The highest BCUT2D eigenvalue weighted by molar-refractivity contribution is 5.98. The van der Waals surface area contributed by atoms with Gasteiger partial charge in [0.05, 0.1) is 11.4 Å². The van der Waals surface area contributed by atoms with Gasteiger partial charge in [-0.25, -0.2) is 8.78 Å². The average molecular weight is 247 g/mol. The van der Waals surface area contributed by atoms with Gasteiger partial charge < -0.3 is 0 Å². The van der Waals surface area contributed by atoms with E-state index in [1.54, 1.807) is 25.4 Å². The third-order valence-corrected chi connectivity index (χ3v) is 2.35. The van der Waals surface area contributed by atoms with Crippen molar-refractivity contribution in [3.05, 3.63) is 59.9 Å². The summed E-state index contributed by atoms with van der Waals surface area (Å²) in [5.41, 5.74) is 4.17. The Bertz CT molecular complexity index is 568. The molecule has 0 aliphatic rings. The number of hydrogen-bond donors (Lipinski definition) is 1. The molecule has 0 amide bonds. The molecule has 92 valence electrons. The molecule has 0 radical (unpaired) electrons. The smallest absolute Gasteiger partial charge is 0.151 e. The lowest BCUT2D eigenvalue weighted by molar-refractivity contribution is 0.585. The molecule has 0 atom stereocenters. The monoisotopic (exact) mass is 247 g/mol. The minimum atomic E-state index is -0.683. The number of anilines is 1. The second-order valence-electron chi connectivity index (χ2n) is 3.67. The summed E-state index contributed by atoms with van der Waals surface area (Å²) in [5.74, 6) is -1.30. The number of hydrazone groups is 1. The summed E-state index contributed by atoms with van der Waals surface area (Å²) in [5, 5.41) is 4.02. The Labute approximate surface area is 103 Å². The molecule has 18 heavy (non-hydrogen) atoms. The number of nitrogens with one attached hydrogen (secondary N) is 1. The first-order valence-corrected chi connectivity index (χ1v) is 5.32. The Kier molecular flexibility index (Phi) is 3.62. The summed E-state index contributed by atoms with van der Waals surface area (Å²) in [4.78, 5) is 3.96. The molecule has 1 heterocycles. The van der Waals surface area contributed by atoms with Crippen molar-refractivity contribution in [1.82, 2.24) is 4.98 Å². The Morgan fingerprint density at radius 1 is 1.28 bits per heavy atom. The van der Waals surface area contributed by atoms with Crippen molar-refractivity contribution in [1.29, 1.82) is 0 Å². The molecule has 0 fully saturated rings. The standard InChI is InChI=1S/C13H11F2N3/c1-9(10-3-2-6-16-8-10)17-18-13-5-4-11(14)7-12(13)15/h2-8,18H,1H3/b17-9-. The number of rotatable bonds is 3. The van der Waals surface area contributed by atoms with Crippen LogP contribution in [0.4, 0.5) is 14.5 Å². The van der Waals surface area contributed by atoms with E-state index in [9.17, 15) is 8.78 Å². The molecule has 0 aliphatic carbocycles. The van der Waals surface area contributed by atoms with Crippen LogP contribution in [0.1, 0.15) is 12.5 Å². The summed E-state index contributed by atoms with van der Waals surface area (Å²) in [6.45, 7) is 1.77. The molecule has 1 aromatic heterocycles. The average Bonchev–Trinajstić information content (AvgIpc) is 2.38. The quantitative estimate of drug-likeness (QED) is 0.668. The highest BCUT2D eigenvalue weighted by Gasteiger charge is 2.03. The second-order valence-corrected chi connectivity index (χ2v) is 3.67. The van der Waals surface area contributed by atoms with Crippen LogP contribution in [0.2, 0.25) is 0 Å². The molecular weight excluding hydrogens is 236 g/mol. The third kappa shape index (κ3) is 2.88. The molecule has 2 aromatic rings. The molecule has 1 N–H and O–H groups in total. The zero-order valence-corrected chi connectivity index (χ0v) is 9.69. The molecule has 0 saturated carbocycles. The fraction of sp³-hybridized carbons (Fsp3) is 0.0769. The van der Waals surface area contributed by atoms with Crippen LogP contribution in [0.5, 0.6) is 0 Å². The molecule has 3 nitrogen and oxygen atoms in total. The Hall–Kier alpha value is -2.30. The van der Waals surface area contributed by atoms with Gasteiger partial charge in [-0.15, -0.1) is 0 Å². The van der Waals surface area contributed by atoms with E-state index in [2.05, 4.69) is 15.5 Å². The van der Waals surface area contributed by atoms with Crippen molar-refractivity contribution in [3.8, 4) is 0 Å². The van der Waals surface area contributed by atoms with Gasteiger partial charge >= 0.3 is 0 Å². The van der Waals surface area contributed by atoms with Gasteiger partial charge in [0.2, 0.25) is 0 Å². The van der Waals surface area contributed by atoms with E-state index < -0.39 is 11.6 Å². The van der Waals surface area contributed by atoms with E-state index in [-0.39, 0.29) is 5.69 Å². The maximum absolute atomic E-state index is 13.3. The molecule has 2 rings (SSSR count). The van der Waals surface area contributed by atoms with Crippen molar-refractivity contribution in [3.63, 3.8) is 0 Å². The number of halogens is 2. The number of hydrogen-bond acceptors (Lipinski definition) is 3. The molecule has 0 saturated heterocycles. The van der Waals surface area contributed by atoms with Crippen molar-refractivity contribution in [2.45, 2.75) is 6.92 Å². The number of pyridine rings is 1. The van der Waals surface area contributed by atoms with Gasteiger partial charge in [0, 0.05) is 24.0 Å². The van der Waals surface area contributed by atoms with E-state index in [0.29, 0.717) is 5.71 Å². The van der Waals surface area contributed by atoms with Gasteiger partial charge in [0.1, 0.15) is 5.82 Å². The number of benzene rings is 1. The topological polar surface area (TPSA) is 37.3 Å². The van der Waals surface area contributed by atoms with Gasteiger partial charge in [-0.05, 0) is 25.1 Å². The van der Waals surface area contributed by atoms with Gasteiger partial charge in [0.25, 0.3) is 0 Å². The minimum Gasteiger partial charge on any atom is -0.275 e. The van der Waals surface area contributed by atoms with Crippen LogP contribution in [0, 0.1) is 11.6 Å². The Morgan fingerprint density at radius 3 is 2.78 bits per heavy atom. The highest BCUT2D eigenvalue weighted by Crippen LogP contribution is 2.15. The predicted octanol–water partition coefficient (Wildman–Crippen LogP) is 3.20. The second kappa shape index (κ2) is 5.35. The fourth-order valence-corrected chi connectivity index (χ4v) is 1.37. The van der Waals surface area contributed by atoms with Crippen molar-refractivity contribution in [2.24, 2.45) is 5.10 Å². The molecule has 0 spiro atoms. The van der Waals surface area contributed by atoms with E-state index in [0.717, 1.165) is 11.6 Å². The SMILES string of the molecule is C/C(=N/Nc1ccc(F)cc1F)c1cccnc1.